The van der Waals surface area contributed by atoms with Crippen molar-refractivity contribution in [2.45, 2.75) is 31.6 Å². The van der Waals surface area contributed by atoms with Crippen LogP contribution < -0.4 is 4.90 Å². The van der Waals surface area contributed by atoms with Crippen LogP contribution in [0.5, 0.6) is 0 Å². The van der Waals surface area contributed by atoms with Gasteiger partial charge in [-0.05, 0) is 42.7 Å². The molecule has 26 heavy (non-hydrogen) atoms. The van der Waals surface area contributed by atoms with E-state index in [-0.39, 0.29) is 24.0 Å². The zero-order valence-corrected chi connectivity index (χ0v) is 15.6. The molecule has 0 bridgehead atoms. The Labute approximate surface area is 162 Å². The second kappa shape index (κ2) is 6.90. The maximum absolute atomic E-state index is 13.0. The Morgan fingerprint density at radius 1 is 0.962 bits per heavy atom. The fourth-order valence-electron chi connectivity index (χ4n) is 3.92. The SMILES string of the molecule is O=C1CCCC2=C1C(c1ccc(Cl)cc1Cl)CC(=O)N2c1ccccc1. The molecule has 0 aromatic heterocycles. The van der Waals surface area contributed by atoms with Crippen LogP contribution in [-0.2, 0) is 9.59 Å². The second-order valence-corrected chi connectivity index (χ2v) is 7.47. The number of allylic oxidation sites excluding steroid dienone is 2. The summed E-state index contributed by atoms with van der Waals surface area (Å²) in [6, 6.07) is 14.8. The largest absolute Gasteiger partial charge is 0.294 e. The van der Waals surface area contributed by atoms with Crippen molar-refractivity contribution in [1.29, 1.82) is 0 Å². The molecular formula is C21H17Cl2NO2. The van der Waals surface area contributed by atoms with Gasteiger partial charge in [0.25, 0.3) is 0 Å². The first-order chi connectivity index (χ1) is 12.6. The lowest BCUT2D eigenvalue weighted by molar-refractivity contribution is -0.119. The van der Waals surface area contributed by atoms with Gasteiger partial charge in [-0.25, -0.2) is 0 Å². The van der Waals surface area contributed by atoms with Crippen LogP contribution in [0.4, 0.5) is 5.69 Å². The van der Waals surface area contributed by atoms with Crippen molar-refractivity contribution in [2.75, 3.05) is 4.90 Å². The number of nitrogens with zero attached hydrogens (tertiary/aromatic N) is 1. The van der Waals surface area contributed by atoms with E-state index in [1.54, 1.807) is 17.0 Å². The fourth-order valence-corrected chi connectivity index (χ4v) is 4.46. The lowest BCUT2D eigenvalue weighted by atomic mass is 9.77. The normalized spacial score (nSPS) is 20.4. The van der Waals surface area contributed by atoms with Gasteiger partial charge in [-0.2, -0.15) is 0 Å². The molecule has 2 aromatic rings. The summed E-state index contributed by atoms with van der Waals surface area (Å²) in [5.74, 6) is -0.216. The molecule has 1 amide bonds. The Balaban J connectivity index is 1.88. The first kappa shape index (κ1) is 17.3. The quantitative estimate of drug-likeness (QED) is 0.682. The van der Waals surface area contributed by atoms with Crippen LogP contribution in [0.2, 0.25) is 10.0 Å². The highest BCUT2D eigenvalue weighted by molar-refractivity contribution is 6.35. The minimum atomic E-state index is -0.310. The summed E-state index contributed by atoms with van der Waals surface area (Å²) in [4.78, 5) is 27.6. The standard InChI is InChI=1S/C21H17Cl2NO2/c22-13-9-10-15(17(23)11-13)16-12-20(26)24(14-5-2-1-3-6-14)18-7-4-8-19(25)21(16)18/h1-3,5-6,9-11,16H,4,7-8,12H2. The number of halogens is 2. The van der Waals surface area contributed by atoms with Crippen molar-refractivity contribution in [3.8, 4) is 0 Å². The van der Waals surface area contributed by atoms with E-state index in [1.807, 2.05) is 36.4 Å². The third kappa shape index (κ3) is 2.95. The van der Waals surface area contributed by atoms with E-state index in [0.29, 0.717) is 22.9 Å². The maximum Gasteiger partial charge on any atom is 0.232 e. The third-order valence-electron chi connectivity index (χ3n) is 5.03. The molecule has 1 aliphatic carbocycles. The molecule has 1 unspecified atom stereocenters. The molecule has 1 atom stereocenters. The Hall–Kier alpha value is -2.10. The minimum absolute atomic E-state index is 0.0133. The van der Waals surface area contributed by atoms with Gasteiger partial charge < -0.3 is 0 Å². The summed E-state index contributed by atoms with van der Waals surface area (Å²) in [6.45, 7) is 0. The molecule has 0 radical (unpaired) electrons. The van der Waals surface area contributed by atoms with Gasteiger partial charge in [0.2, 0.25) is 5.91 Å². The number of rotatable bonds is 2. The molecule has 1 heterocycles. The molecule has 0 N–H and O–H groups in total. The highest BCUT2D eigenvalue weighted by atomic mass is 35.5. The topological polar surface area (TPSA) is 37.4 Å². The van der Waals surface area contributed by atoms with E-state index in [0.717, 1.165) is 28.9 Å². The number of ketones is 1. The van der Waals surface area contributed by atoms with Crippen molar-refractivity contribution >= 4 is 40.6 Å². The third-order valence-corrected chi connectivity index (χ3v) is 5.59. The first-order valence-electron chi connectivity index (χ1n) is 8.65. The summed E-state index contributed by atoms with van der Waals surface area (Å²) in [5, 5.41) is 1.03. The Morgan fingerprint density at radius 3 is 2.46 bits per heavy atom. The van der Waals surface area contributed by atoms with Crippen LogP contribution in [-0.4, -0.2) is 11.7 Å². The zero-order valence-electron chi connectivity index (χ0n) is 14.0. The summed E-state index contributed by atoms with van der Waals surface area (Å²) in [7, 11) is 0. The Bertz CT molecular complexity index is 921. The smallest absolute Gasteiger partial charge is 0.232 e. The van der Waals surface area contributed by atoms with Crippen molar-refractivity contribution in [2.24, 2.45) is 0 Å². The summed E-state index contributed by atoms with van der Waals surface area (Å²) in [6.07, 6.45) is 2.21. The summed E-state index contributed by atoms with van der Waals surface area (Å²) >= 11 is 12.4. The number of para-hydroxylation sites is 1. The Morgan fingerprint density at radius 2 is 1.73 bits per heavy atom. The number of amides is 1. The monoisotopic (exact) mass is 385 g/mol. The van der Waals surface area contributed by atoms with Gasteiger partial charge in [-0.3, -0.25) is 14.5 Å². The highest BCUT2D eigenvalue weighted by Gasteiger charge is 2.40. The number of carbonyl (C=O) groups excluding carboxylic acids is 2. The molecule has 0 fully saturated rings. The molecule has 0 saturated heterocycles. The predicted octanol–water partition coefficient (Wildman–Crippen LogP) is 5.52. The lowest BCUT2D eigenvalue weighted by Crippen LogP contribution is -2.40. The van der Waals surface area contributed by atoms with E-state index < -0.39 is 0 Å². The van der Waals surface area contributed by atoms with Crippen LogP contribution in [0.25, 0.3) is 0 Å². The fraction of sp³-hybridized carbons (Fsp3) is 0.238. The highest BCUT2D eigenvalue weighted by Crippen LogP contribution is 2.45. The van der Waals surface area contributed by atoms with Gasteiger partial charge in [0.15, 0.2) is 5.78 Å². The summed E-state index contributed by atoms with van der Waals surface area (Å²) in [5.41, 5.74) is 3.14. The van der Waals surface area contributed by atoms with Crippen molar-refractivity contribution in [3.63, 3.8) is 0 Å². The number of Topliss-reactive ketones (excluding diaryl/α,β-unsaturated/α-hetero) is 1. The van der Waals surface area contributed by atoms with E-state index in [1.165, 1.54) is 0 Å². The average molecular weight is 386 g/mol. The Kier molecular flexibility index (Phi) is 4.60. The van der Waals surface area contributed by atoms with Crippen LogP contribution in [0, 0.1) is 0 Å². The van der Waals surface area contributed by atoms with Gasteiger partial charge in [0.1, 0.15) is 0 Å². The molecule has 1 aliphatic heterocycles. The maximum atomic E-state index is 13.0. The molecule has 5 heteroatoms. The van der Waals surface area contributed by atoms with Crippen molar-refractivity contribution in [1.82, 2.24) is 0 Å². The van der Waals surface area contributed by atoms with Gasteiger partial charge in [-0.15, -0.1) is 0 Å². The molecule has 3 nitrogen and oxygen atoms in total. The minimum Gasteiger partial charge on any atom is -0.294 e. The van der Waals surface area contributed by atoms with Crippen LogP contribution in [0.3, 0.4) is 0 Å². The van der Waals surface area contributed by atoms with Crippen molar-refractivity contribution < 1.29 is 9.59 Å². The van der Waals surface area contributed by atoms with Gasteiger partial charge >= 0.3 is 0 Å². The number of hydrogen-bond acceptors (Lipinski definition) is 2. The second-order valence-electron chi connectivity index (χ2n) is 6.62. The molecule has 4 rings (SSSR count). The van der Waals surface area contributed by atoms with E-state index in [2.05, 4.69) is 0 Å². The predicted molar refractivity (Wildman–Crippen MR) is 104 cm³/mol. The zero-order chi connectivity index (χ0) is 18.3. The van der Waals surface area contributed by atoms with Gasteiger partial charge in [-0.1, -0.05) is 47.5 Å². The molecule has 2 aliphatic rings. The van der Waals surface area contributed by atoms with Crippen LogP contribution >= 0.6 is 23.2 Å². The van der Waals surface area contributed by atoms with Crippen LogP contribution in [0.1, 0.15) is 37.2 Å². The summed E-state index contributed by atoms with van der Waals surface area (Å²) < 4.78 is 0. The number of hydrogen-bond donors (Lipinski definition) is 0. The molecule has 2 aromatic carbocycles. The lowest BCUT2D eigenvalue weighted by Gasteiger charge is -2.38. The molecule has 0 spiro atoms. The molecular weight excluding hydrogens is 369 g/mol. The molecule has 0 saturated carbocycles. The van der Waals surface area contributed by atoms with E-state index >= 15 is 0 Å². The first-order valence-corrected chi connectivity index (χ1v) is 9.41. The number of carbonyl (C=O) groups is 2. The van der Waals surface area contributed by atoms with Gasteiger partial charge in [0.05, 0.1) is 0 Å². The van der Waals surface area contributed by atoms with E-state index in [9.17, 15) is 9.59 Å². The van der Waals surface area contributed by atoms with Crippen LogP contribution in [0.15, 0.2) is 59.8 Å². The molecule has 132 valence electrons. The number of benzene rings is 2. The van der Waals surface area contributed by atoms with E-state index in [4.69, 9.17) is 23.2 Å². The van der Waals surface area contributed by atoms with Gasteiger partial charge in [0, 0.05) is 45.8 Å². The average Bonchev–Trinajstić information content (AvgIpc) is 2.62. The number of anilines is 1. The van der Waals surface area contributed by atoms with Crippen molar-refractivity contribution in [3.05, 3.63) is 75.4 Å².